The third-order valence-electron chi connectivity index (χ3n) is 2.56. The molecular weight excluding hydrogens is 240 g/mol. The third kappa shape index (κ3) is 1.59. The summed E-state index contributed by atoms with van der Waals surface area (Å²) < 4.78 is 6.70. The van der Waals surface area contributed by atoms with Gasteiger partial charge in [0.15, 0.2) is 0 Å². The summed E-state index contributed by atoms with van der Waals surface area (Å²) in [5.74, 6) is 1.79. The molecule has 2 heteroatoms. The van der Waals surface area contributed by atoms with Gasteiger partial charge in [0.25, 0.3) is 0 Å². The van der Waals surface area contributed by atoms with Crippen LogP contribution in [0.5, 0.6) is 5.75 Å². The van der Waals surface area contributed by atoms with Gasteiger partial charge < -0.3 is 4.74 Å². The summed E-state index contributed by atoms with van der Waals surface area (Å²) in [6.07, 6.45) is 0.885. The Morgan fingerprint density at radius 3 is 2.86 bits per heavy atom. The lowest BCUT2D eigenvalue weighted by Gasteiger charge is -2.33. The van der Waals surface area contributed by atoms with Gasteiger partial charge in [0.2, 0.25) is 0 Å². The Balaban J connectivity index is 2.58. The molecular formula is C12H13BrO. The Labute approximate surface area is 92.9 Å². The topological polar surface area (TPSA) is 9.23 Å². The highest BCUT2D eigenvalue weighted by molar-refractivity contribution is 9.10. The maximum Gasteiger partial charge on any atom is 0.130 e. The van der Waals surface area contributed by atoms with Crippen LogP contribution in [0.25, 0.3) is 0 Å². The molecule has 0 saturated heterocycles. The molecule has 0 bridgehead atoms. The first-order chi connectivity index (χ1) is 6.49. The normalized spacial score (nSPS) is 18.6. The first-order valence-corrected chi connectivity index (χ1v) is 5.44. The Hall–Kier alpha value is -0.760. The van der Waals surface area contributed by atoms with E-state index in [0.29, 0.717) is 0 Å². The fourth-order valence-corrected chi connectivity index (χ4v) is 2.26. The number of hydrogen-bond donors (Lipinski definition) is 0. The molecule has 14 heavy (non-hydrogen) atoms. The van der Waals surface area contributed by atoms with Crippen molar-refractivity contribution in [3.63, 3.8) is 0 Å². The Bertz CT molecular complexity index is 393. The largest absolute Gasteiger partial charge is 0.462 e. The first kappa shape index (κ1) is 9.78. The van der Waals surface area contributed by atoms with Crippen LogP contribution in [0, 0.1) is 0 Å². The van der Waals surface area contributed by atoms with E-state index in [1.54, 1.807) is 0 Å². The van der Waals surface area contributed by atoms with Crippen molar-refractivity contribution in [2.45, 2.75) is 25.7 Å². The highest BCUT2D eigenvalue weighted by atomic mass is 79.9. The second-order valence-electron chi connectivity index (χ2n) is 4.34. The van der Waals surface area contributed by atoms with Crippen molar-refractivity contribution in [1.82, 2.24) is 0 Å². The molecule has 0 N–H and O–H groups in total. The molecule has 1 aliphatic heterocycles. The van der Waals surface area contributed by atoms with Crippen LogP contribution in [0.15, 0.2) is 35.0 Å². The average molecular weight is 253 g/mol. The van der Waals surface area contributed by atoms with Crippen LogP contribution in [0.3, 0.4) is 0 Å². The lowest BCUT2D eigenvalue weighted by atomic mass is 9.79. The first-order valence-electron chi connectivity index (χ1n) is 4.65. The van der Waals surface area contributed by atoms with Gasteiger partial charge in [0.1, 0.15) is 5.75 Å². The Morgan fingerprint density at radius 1 is 1.43 bits per heavy atom. The van der Waals surface area contributed by atoms with E-state index in [2.05, 4.69) is 42.4 Å². The van der Waals surface area contributed by atoms with Gasteiger partial charge in [-0.3, -0.25) is 0 Å². The van der Waals surface area contributed by atoms with E-state index in [4.69, 9.17) is 4.74 Å². The monoisotopic (exact) mass is 252 g/mol. The number of rotatable bonds is 0. The minimum atomic E-state index is 0.119. The molecule has 1 nitrogen and oxygen atoms in total. The summed E-state index contributed by atoms with van der Waals surface area (Å²) in [7, 11) is 0. The molecule has 0 aliphatic carbocycles. The minimum Gasteiger partial charge on any atom is -0.462 e. The van der Waals surface area contributed by atoms with Crippen molar-refractivity contribution in [1.29, 1.82) is 0 Å². The maximum absolute atomic E-state index is 5.61. The average Bonchev–Trinajstić information content (AvgIpc) is 2.05. The van der Waals surface area contributed by atoms with E-state index in [9.17, 15) is 0 Å². The number of hydrogen-bond acceptors (Lipinski definition) is 1. The van der Waals surface area contributed by atoms with Gasteiger partial charge in [-0.15, -0.1) is 0 Å². The van der Waals surface area contributed by atoms with Crippen LogP contribution in [-0.2, 0) is 5.41 Å². The molecule has 0 saturated carbocycles. The smallest absolute Gasteiger partial charge is 0.130 e. The van der Waals surface area contributed by atoms with Gasteiger partial charge >= 0.3 is 0 Å². The van der Waals surface area contributed by atoms with Crippen LogP contribution < -0.4 is 4.74 Å². The molecule has 0 amide bonds. The quantitative estimate of drug-likeness (QED) is 0.678. The number of allylic oxidation sites excluding steroid dienone is 1. The van der Waals surface area contributed by atoms with Crippen molar-refractivity contribution in [2.24, 2.45) is 0 Å². The van der Waals surface area contributed by atoms with E-state index >= 15 is 0 Å². The maximum atomic E-state index is 5.61. The fourth-order valence-electron chi connectivity index (χ4n) is 1.90. The molecule has 1 aromatic rings. The summed E-state index contributed by atoms with van der Waals surface area (Å²) in [5, 5.41) is 0. The van der Waals surface area contributed by atoms with E-state index in [1.807, 2.05) is 12.1 Å². The van der Waals surface area contributed by atoms with Crippen LogP contribution in [-0.4, -0.2) is 0 Å². The van der Waals surface area contributed by atoms with E-state index in [1.165, 1.54) is 5.56 Å². The van der Waals surface area contributed by atoms with Crippen LogP contribution in [0.1, 0.15) is 25.8 Å². The molecule has 0 spiro atoms. The molecule has 0 fully saturated rings. The predicted octanol–water partition coefficient (Wildman–Crippen LogP) is 4.02. The van der Waals surface area contributed by atoms with Crippen molar-refractivity contribution in [3.8, 4) is 5.75 Å². The molecule has 0 unspecified atom stereocenters. The van der Waals surface area contributed by atoms with E-state index in [-0.39, 0.29) is 5.41 Å². The molecule has 0 aromatic heterocycles. The molecule has 1 heterocycles. The summed E-state index contributed by atoms with van der Waals surface area (Å²) in [5.41, 5.74) is 1.37. The number of ether oxygens (including phenoxy) is 1. The molecule has 74 valence electrons. The Morgan fingerprint density at radius 2 is 2.14 bits per heavy atom. The molecule has 0 radical (unpaired) electrons. The minimum absolute atomic E-state index is 0.119. The molecule has 1 aromatic carbocycles. The van der Waals surface area contributed by atoms with Crippen molar-refractivity contribution < 1.29 is 4.74 Å². The van der Waals surface area contributed by atoms with Gasteiger partial charge in [0.05, 0.1) is 5.76 Å². The van der Waals surface area contributed by atoms with Gasteiger partial charge in [-0.2, -0.15) is 0 Å². The van der Waals surface area contributed by atoms with Crippen LogP contribution in [0.4, 0.5) is 0 Å². The highest BCUT2D eigenvalue weighted by Gasteiger charge is 2.30. The van der Waals surface area contributed by atoms with Crippen molar-refractivity contribution in [3.05, 3.63) is 40.6 Å². The summed E-state index contributed by atoms with van der Waals surface area (Å²) in [4.78, 5) is 0. The second kappa shape index (κ2) is 3.13. The summed E-state index contributed by atoms with van der Waals surface area (Å²) >= 11 is 3.48. The van der Waals surface area contributed by atoms with Gasteiger partial charge in [-0.05, 0) is 18.2 Å². The zero-order valence-electron chi connectivity index (χ0n) is 8.43. The SMILES string of the molecule is C=C1CC(C)(C)c2cc(Br)ccc2O1. The summed E-state index contributed by atoms with van der Waals surface area (Å²) in [6.45, 7) is 8.33. The lowest BCUT2D eigenvalue weighted by Crippen LogP contribution is -2.24. The third-order valence-corrected chi connectivity index (χ3v) is 3.06. The molecule has 2 rings (SSSR count). The van der Waals surface area contributed by atoms with Gasteiger partial charge in [-0.1, -0.05) is 36.4 Å². The molecule has 0 atom stereocenters. The standard InChI is InChI=1S/C12H13BrO/c1-8-7-12(2,3)10-6-9(13)4-5-11(10)14-8/h4-6H,1,7H2,2-3H3. The lowest BCUT2D eigenvalue weighted by molar-refractivity contribution is 0.314. The second-order valence-corrected chi connectivity index (χ2v) is 5.26. The van der Waals surface area contributed by atoms with E-state index < -0.39 is 0 Å². The zero-order valence-corrected chi connectivity index (χ0v) is 10.0. The number of fused-ring (bicyclic) bond motifs is 1. The fraction of sp³-hybridized carbons (Fsp3) is 0.333. The van der Waals surface area contributed by atoms with Crippen LogP contribution >= 0.6 is 15.9 Å². The number of benzene rings is 1. The predicted molar refractivity (Wildman–Crippen MR) is 61.6 cm³/mol. The van der Waals surface area contributed by atoms with Crippen LogP contribution in [0.2, 0.25) is 0 Å². The summed E-state index contributed by atoms with van der Waals surface area (Å²) in [6, 6.07) is 6.11. The van der Waals surface area contributed by atoms with Gasteiger partial charge in [0, 0.05) is 21.9 Å². The molecule has 1 aliphatic rings. The van der Waals surface area contributed by atoms with Crippen molar-refractivity contribution >= 4 is 15.9 Å². The Kier molecular flexibility index (Phi) is 2.18. The highest BCUT2D eigenvalue weighted by Crippen LogP contribution is 2.42. The van der Waals surface area contributed by atoms with E-state index in [0.717, 1.165) is 22.4 Å². The van der Waals surface area contributed by atoms with Gasteiger partial charge in [-0.25, -0.2) is 0 Å². The number of halogens is 1. The zero-order chi connectivity index (χ0) is 10.3. The van der Waals surface area contributed by atoms with Crippen molar-refractivity contribution in [2.75, 3.05) is 0 Å².